The highest BCUT2D eigenvalue weighted by atomic mass is 32.2. The van der Waals surface area contributed by atoms with Crippen molar-refractivity contribution in [3.8, 4) is 0 Å². The Labute approximate surface area is 113 Å². The molecule has 0 saturated heterocycles. The lowest BCUT2D eigenvalue weighted by Crippen LogP contribution is -2.00. The molecule has 1 aromatic carbocycles. The van der Waals surface area contributed by atoms with Gasteiger partial charge in [0.05, 0.1) is 5.69 Å². The number of nitrogen functional groups attached to an aromatic ring is 1. The van der Waals surface area contributed by atoms with Crippen molar-refractivity contribution in [2.45, 2.75) is 31.4 Å². The van der Waals surface area contributed by atoms with Crippen LogP contribution in [0.5, 0.6) is 0 Å². The van der Waals surface area contributed by atoms with Crippen LogP contribution in [0, 0.1) is 20.8 Å². The molecule has 2 rings (SSSR count). The van der Waals surface area contributed by atoms with E-state index in [4.69, 9.17) is 5.73 Å². The number of aryl methyl sites for hydroxylation is 2. The second kappa shape index (κ2) is 5.44. The van der Waals surface area contributed by atoms with E-state index in [9.17, 15) is 0 Å². The van der Waals surface area contributed by atoms with Crippen LogP contribution < -0.4 is 5.73 Å². The van der Waals surface area contributed by atoms with Gasteiger partial charge in [0.25, 0.3) is 0 Å². The molecule has 18 heavy (non-hydrogen) atoms. The third-order valence-corrected chi connectivity index (χ3v) is 4.32. The molecule has 94 valence electrons. The van der Waals surface area contributed by atoms with E-state index in [1.54, 1.807) is 0 Å². The lowest BCUT2D eigenvalue weighted by molar-refractivity contribution is 1.11. The number of nitrogens with zero attached hydrogens (tertiary/aromatic N) is 1. The summed E-state index contributed by atoms with van der Waals surface area (Å²) in [6.07, 6.45) is 1.86. The van der Waals surface area contributed by atoms with Crippen LogP contribution >= 0.6 is 11.8 Å². The van der Waals surface area contributed by atoms with Crippen LogP contribution in [0.15, 0.2) is 35.4 Å². The van der Waals surface area contributed by atoms with Crippen molar-refractivity contribution in [3.63, 3.8) is 0 Å². The van der Waals surface area contributed by atoms with Crippen LogP contribution in [0.25, 0.3) is 0 Å². The molecule has 0 radical (unpaired) electrons. The van der Waals surface area contributed by atoms with Crippen molar-refractivity contribution in [1.29, 1.82) is 0 Å². The molecule has 0 saturated carbocycles. The zero-order valence-corrected chi connectivity index (χ0v) is 11.8. The number of rotatable bonds is 3. The molecule has 1 heterocycles. The topological polar surface area (TPSA) is 38.9 Å². The first-order valence-electron chi connectivity index (χ1n) is 5.98. The zero-order valence-electron chi connectivity index (χ0n) is 11.0. The maximum atomic E-state index is 6.03. The average molecular weight is 258 g/mol. The van der Waals surface area contributed by atoms with Crippen molar-refractivity contribution in [1.82, 2.24) is 4.98 Å². The monoisotopic (exact) mass is 258 g/mol. The molecule has 2 nitrogen and oxygen atoms in total. The Balaban J connectivity index is 2.17. The van der Waals surface area contributed by atoms with Crippen LogP contribution in [0.3, 0.4) is 0 Å². The molecule has 0 fully saturated rings. The predicted octanol–water partition coefficient (Wildman–Crippen LogP) is 3.88. The number of aromatic nitrogens is 1. The molecule has 0 aliphatic rings. The Kier molecular flexibility index (Phi) is 3.92. The second-order valence-electron chi connectivity index (χ2n) is 4.48. The minimum absolute atomic E-state index is 0.862. The normalized spacial score (nSPS) is 10.6. The zero-order chi connectivity index (χ0) is 13.1. The fourth-order valence-electron chi connectivity index (χ4n) is 1.80. The SMILES string of the molecule is Cc1ccccc1SCc1ncc(C)c(N)c1C. The van der Waals surface area contributed by atoms with Gasteiger partial charge in [-0.25, -0.2) is 0 Å². The van der Waals surface area contributed by atoms with Crippen molar-refractivity contribution in [3.05, 3.63) is 52.8 Å². The van der Waals surface area contributed by atoms with E-state index in [0.717, 1.165) is 28.3 Å². The first kappa shape index (κ1) is 13.0. The molecule has 0 unspecified atom stereocenters. The highest BCUT2D eigenvalue weighted by molar-refractivity contribution is 7.98. The fourth-order valence-corrected chi connectivity index (χ4v) is 2.86. The predicted molar refractivity (Wildman–Crippen MR) is 78.9 cm³/mol. The van der Waals surface area contributed by atoms with Gasteiger partial charge in [0.1, 0.15) is 0 Å². The minimum atomic E-state index is 0.862. The molecule has 0 bridgehead atoms. The number of benzene rings is 1. The van der Waals surface area contributed by atoms with Gasteiger partial charge in [-0.1, -0.05) is 18.2 Å². The summed E-state index contributed by atoms with van der Waals surface area (Å²) in [6, 6.07) is 8.41. The average Bonchev–Trinajstić information content (AvgIpc) is 2.37. The summed E-state index contributed by atoms with van der Waals surface area (Å²) in [5.41, 5.74) is 11.4. The van der Waals surface area contributed by atoms with Crippen LogP contribution in [0.1, 0.15) is 22.4 Å². The lowest BCUT2D eigenvalue weighted by Gasteiger charge is -2.10. The summed E-state index contributed by atoms with van der Waals surface area (Å²) in [5, 5.41) is 0. The summed E-state index contributed by atoms with van der Waals surface area (Å²) in [6.45, 7) is 6.17. The van der Waals surface area contributed by atoms with Gasteiger partial charge in [-0.15, -0.1) is 11.8 Å². The number of anilines is 1. The summed E-state index contributed by atoms with van der Waals surface area (Å²) >= 11 is 1.81. The summed E-state index contributed by atoms with van der Waals surface area (Å²) in [5.74, 6) is 0.862. The molecule has 0 spiro atoms. The minimum Gasteiger partial charge on any atom is -0.398 e. The Morgan fingerprint density at radius 1 is 1.11 bits per heavy atom. The Bertz CT molecular complexity index is 564. The molecule has 1 aromatic heterocycles. The molecular formula is C15H18N2S. The van der Waals surface area contributed by atoms with Crippen LogP contribution in [-0.4, -0.2) is 4.98 Å². The van der Waals surface area contributed by atoms with Gasteiger partial charge in [0.15, 0.2) is 0 Å². The summed E-state index contributed by atoms with van der Waals surface area (Å²) in [7, 11) is 0. The van der Waals surface area contributed by atoms with Crippen LogP contribution in [-0.2, 0) is 5.75 Å². The van der Waals surface area contributed by atoms with Gasteiger partial charge in [-0.2, -0.15) is 0 Å². The summed E-state index contributed by atoms with van der Waals surface area (Å²) in [4.78, 5) is 5.79. The largest absolute Gasteiger partial charge is 0.398 e. The highest BCUT2D eigenvalue weighted by Gasteiger charge is 2.07. The first-order chi connectivity index (χ1) is 8.59. The molecule has 3 heteroatoms. The smallest absolute Gasteiger partial charge is 0.0556 e. The molecule has 0 aliphatic carbocycles. The van der Waals surface area contributed by atoms with E-state index in [1.807, 2.05) is 31.8 Å². The van der Waals surface area contributed by atoms with Crippen molar-refractivity contribution in [2.24, 2.45) is 0 Å². The number of pyridine rings is 1. The lowest BCUT2D eigenvalue weighted by atomic mass is 10.1. The quantitative estimate of drug-likeness (QED) is 0.849. The van der Waals surface area contributed by atoms with E-state index >= 15 is 0 Å². The molecule has 0 amide bonds. The van der Waals surface area contributed by atoms with Crippen molar-refractivity contribution in [2.75, 3.05) is 5.73 Å². The maximum absolute atomic E-state index is 6.03. The Morgan fingerprint density at radius 3 is 2.56 bits per heavy atom. The molecule has 2 aromatic rings. The van der Waals surface area contributed by atoms with Gasteiger partial charge >= 0.3 is 0 Å². The Morgan fingerprint density at radius 2 is 1.83 bits per heavy atom. The molecular weight excluding hydrogens is 240 g/mol. The number of hydrogen-bond acceptors (Lipinski definition) is 3. The van der Waals surface area contributed by atoms with E-state index in [0.29, 0.717) is 0 Å². The van der Waals surface area contributed by atoms with E-state index in [-0.39, 0.29) is 0 Å². The van der Waals surface area contributed by atoms with Crippen molar-refractivity contribution < 1.29 is 0 Å². The molecule has 0 atom stereocenters. The van der Waals surface area contributed by atoms with Crippen LogP contribution in [0.2, 0.25) is 0 Å². The molecule has 0 aliphatic heterocycles. The number of hydrogen-bond donors (Lipinski definition) is 1. The number of nitrogens with two attached hydrogens (primary N) is 1. The number of thioether (sulfide) groups is 1. The third kappa shape index (κ3) is 2.67. The second-order valence-corrected chi connectivity index (χ2v) is 5.50. The fraction of sp³-hybridized carbons (Fsp3) is 0.267. The van der Waals surface area contributed by atoms with Gasteiger partial charge in [0, 0.05) is 22.5 Å². The van der Waals surface area contributed by atoms with E-state index < -0.39 is 0 Å². The van der Waals surface area contributed by atoms with Crippen LogP contribution in [0.4, 0.5) is 5.69 Å². The Hall–Kier alpha value is -1.48. The van der Waals surface area contributed by atoms with E-state index in [2.05, 4.69) is 36.2 Å². The maximum Gasteiger partial charge on any atom is 0.0556 e. The van der Waals surface area contributed by atoms with Gasteiger partial charge in [-0.05, 0) is 43.5 Å². The van der Waals surface area contributed by atoms with Gasteiger partial charge in [-0.3, -0.25) is 4.98 Å². The van der Waals surface area contributed by atoms with E-state index in [1.165, 1.54) is 10.5 Å². The highest BCUT2D eigenvalue weighted by Crippen LogP contribution is 2.28. The summed E-state index contributed by atoms with van der Waals surface area (Å²) < 4.78 is 0. The standard InChI is InChI=1S/C15H18N2S/c1-10-6-4-5-7-14(10)18-9-13-12(3)15(16)11(2)8-17-13/h4-8H,9H2,1-3H3,(H2,16,17). The van der Waals surface area contributed by atoms with Crippen molar-refractivity contribution >= 4 is 17.4 Å². The first-order valence-corrected chi connectivity index (χ1v) is 6.97. The third-order valence-electron chi connectivity index (χ3n) is 3.13. The van der Waals surface area contributed by atoms with Gasteiger partial charge in [0.2, 0.25) is 0 Å². The van der Waals surface area contributed by atoms with Gasteiger partial charge < -0.3 is 5.73 Å². The molecule has 2 N–H and O–H groups in total.